The number of hydrogen-bond donors (Lipinski definition) is 2. The van der Waals surface area contributed by atoms with Crippen molar-refractivity contribution in [1.29, 1.82) is 0 Å². The molecule has 0 unspecified atom stereocenters. The Balaban J connectivity index is 1.80. The van der Waals surface area contributed by atoms with Gasteiger partial charge in [-0.1, -0.05) is 31.3 Å². The van der Waals surface area contributed by atoms with Gasteiger partial charge >= 0.3 is 12.2 Å². The Hall–Kier alpha value is -3.14. The first-order chi connectivity index (χ1) is 13.4. The molecule has 2 amide bonds. The van der Waals surface area contributed by atoms with Crippen LogP contribution in [0.3, 0.4) is 0 Å². The van der Waals surface area contributed by atoms with Gasteiger partial charge < -0.3 is 15.4 Å². The number of nitrogens with one attached hydrogen (secondary N) is 2. The third-order valence-electron chi connectivity index (χ3n) is 3.64. The summed E-state index contributed by atoms with van der Waals surface area (Å²) in [6.45, 7) is 2.73. The second kappa shape index (κ2) is 10.3. The van der Waals surface area contributed by atoms with Crippen LogP contribution in [0.5, 0.6) is 5.75 Å². The van der Waals surface area contributed by atoms with E-state index in [0.29, 0.717) is 12.3 Å². The van der Waals surface area contributed by atoms with Crippen LogP contribution in [0.15, 0.2) is 48.5 Å². The molecule has 2 rings (SSSR count). The van der Waals surface area contributed by atoms with Gasteiger partial charge in [0.2, 0.25) is 0 Å². The molecule has 0 saturated carbocycles. The van der Waals surface area contributed by atoms with Crippen LogP contribution in [0, 0.1) is 11.8 Å². The Morgan fingerprint density at radius 2 is 1.89 bits per heavy atom. The van der Waals surface area contributed by atoms with Gasteiger partial charge in [-0.15, -0.1) is 0 Å². The number of hydrogen-bond acceptors (Lipinski definition) is 2. The number of unbranched alkanes of at least 4 members (excludes halogenated alkanes) is 1. The summed E-state index contributed by atoms with van der Waals surface area (Å²) in [7, 11) is 0. The summed E-state index contributed by atoms with van der Waals surface area (Å²) in [6, 6.07) is 11.2. The van der Waals surface area contributed by atoms with Gasteiger partial charge in [-0.2, -0.15) is 13.2 Å². The lowest BCUT2D eigenvalue weighted by Gasteiger charge is -2.08. The minimum absolute atomic E-state index is 0.000289. The Labute approximate surface area is 162 Å². The molecule has 0 bridgehead atoms. The number of urea groups is 1. The lowest BCUT2D eigenvalue weighted by atomic mass is 10.1. The van der Waals surface area contributed by atoms with Crippen molar-refractivity contribution in [3.8, 4) is 17.6 Å². The minimum Gasteiger partial charge on any atom is -0.494 e. The fourth-order valence-electron chi connectivity index (χ4n) is 2.19. The molecular weight excluding hydrogens is 369 g/mol. The maximum atomic E-state index is 12.7. The van der Waals surface area contributed by atoms with E-state index in [0.717, 1.165) is 30.7 Å². The quantitative estimate of drug-likeness (QED) is 0.535. The molecule has 0 saturated heterocycles. The highest BCUT2D eigenvalue weighted by molar-refractivity contribution is 5.89. The van der Waals surface area contributed by atoms with Gasteiger partial charge in [0.15, 0.2) is 0 Å². The number of rotatable bonds is 6. The number of anilines is 1. The molecular formula is C21H21F3N2O2. The Kier molecular flexibility index (Phi) is 7.76. The maximum Gasteiger partial charge on any atom is 0.416 e. The van der Waals surface area contributed by atoms with Crippen molar-refractivity contribution in [2.45, 2.75) is 25.9 Å². The molecule has 2 aromatic rings. The summed E-state index contributed by atoms with van der Waals surface area (Å²) < 4.78 is 43.5. The highest BCUT2D eigenvalue weighted by Crippen LogP contribution is 2.29. The third kappa shape index (κ3) is 7.23. The summed E-state index contributed by atoms with van der Waals surface area (Å²) in [4.78, 5) is 11.8. The van der Waals surface area contributed by atoms with Crippen LogP contribution in [0.4, 0.5) is 23.7 Å². The molecule has 0 aliphatic heterocycles. The molecule has 28 heavy (non-hydrogen) atoms. The topological polar surface area (TPSA) is 50.4 Å². The van der Waals surface area contributed by atoms with Crippen LogP contribution in [0.2, 0.25) is 0 Å². The van der Waals surface area contributed by atoms with E-state index in [2.05, 4.69) is 29.4 Å². The van der Waals surface area contributed by atoms with E-state index >= 15 is 0 Å². The fourth-order valence-corrected chi connectivity index (χ4v) is 2.19. The van der Waals surface area contributed by atoms with Crippen molar-refractivity contribution < 1.29 is 22.7 Å². The molecule has 148 valence electrons. The third-order valence-corrected chi connectivity index (χ3v) is 3.64. The molecule has 7 heteroatoms. The molecule has 0 aromatic heterocycles. The highest BCUT2D eigenvalue weighted by atomic mass is 19.4. The fraction of sp³-hybridized carbons (Fsp3) is 0.286. The molecule has 0 aliphatic carbocycles. The van der Waals surface area contributed by atoms with Crippen LogP contribution in [0.1, 0.15) is 30.9 Å². The zero-order valence-electron chi connectivity index (χ0n) is 15.4. The Bertz CT molecular complexity index is 837. The largest absolute Gasteiger partial charge is 0.494 e. The maximum absolute atomic E-state index is 12.7. The van der Waals surface area contributed by atoms with Crippen LogP contribution < -0.4 is 15.4 Å². The van der Waals surface area contributed by atoms with E-state index in [4.69, 9.17) is 4.74 Å². The van der Waals surface area contributed by atoms with Crippen molar-refractivity contribution in [3.63, 3.8) is 0 Å². The Morgan fingerprint density at radius 3 is 2.57 bits per heavy atom. The first kappa shape index (κ1) is 21.2. The van der Waals surface area contributed by atoms with Gasteiger partial charge in [0.1, 0.15) is 5.75 Å². The number of carbonyl (C=O) groups excluding carboxylic acids is 1. The van der Waals surface area contributed by atoms with Crippen molar-refractivity contribution in [2.75, 3.05) is 18.5 Å². The van der Waals surface area contributed by atoms with Gasteiger partial charge in [0.25, 0.3) is 0 Å². The van der Waals surface area contributed by atoms with E-state index in [9.17, 15) is 18.0 Å². The van der Waals surface area contributed by atoms with E-state index in [1.807, 2.05) is 0 Å². The smallest absolute Gasteiger partial charge is 0.416 e. The van der Waals surface area contributed by atoms with Gasteiger partial charge in [-0.25, -0.2) is 4.79 Å². The molecule has 0 atom stereocenters. The monoisotopic (exact) mass is 390 g/mol. The van der Waals surface area contributed by atoms with Crippen molar-refractivity contribution in [3.05, 3.63) is 59.7 Å². The zero-order chi connectivity index (χ0) is 20.4. The molecule has 0 spiro atoms. The summed E-state index contributed by atoms with van der Waals surface area (Å²) in [6.07, 6.45) is -2.38. The van der Waals surface area contributed by atoms with Crippen LogP contribution >= 0.6 is 0 Å². The van der Waals surface area contributed by atoms with Crippen molar-refractivity contribution in [1.82, 2.24) is 5.32 Å². The second-order valence-corrected chi connectivity index (χ2v) is 5.91. The van der Waals surface area contributed by atoms with Gasteiger partial charge in [0.05, 0.1) is 18.7 Å². The van der Waals surface area contributed by atoms with Gasteiger partial charge in [0, 0.05) is 11.3 Å². The average molecular weight is 390 g/mol. The normalized spacial score (nSPS) is 10.6. The van der Waals surface area contributed by atoms with E-state index < -0.39 is 17.8 Å². The molecule has 0 radical (unpaired) electrons. The van der Waals surface area contributed by atoms with Crippen LogP contribution in [-0.2, 0) is 6.18 Å². The second-order valence-electron chi connectivity index (χ2n) is 5.91. The number of alkyl halides is 3. The standard InChI is InChI=1S/C21H21F3N2O2/c1-2-3-14-28-19-11-9-18(10-12-19)26-20(27)25-13-5-7-16-6-4-8-17(15-16)21(22,23)24/h4,6,8-12,15H,2-3,13-14H2,1H3,(H2,25,26,27). The van der Waals surface area contributed by atoms with E-state index in [-0.39, 0.29) is 12.1 Å². The molecule has 0 fully saturated rings. The Morgan fingerprint density at radius 1 is 1.14 bits per heavy atom. The van der Waals surface area contributed by atoms with Crippen LogP contribution in [0.25, 0.3) is 0 Å². The predicted octanol–water partition coefficient (Wildman–Crippen LogP) is 5.06. The molecule has 4 nitrogen and oxygen atoms in total. The summed E-state index contributed by atoms with van der Waals surface area (Å²) in [5.74, 6) is 5.95. The van der Waals surface area contributed by atoms with Gasteiger partial charge in [-0.05, 0) is 48.9 Å². The molecule has 2 N–H and O–H groups in total. The summed E-state index contributed by atoms with van der Waals surface area (Å²) >= 11 is 0. The number of amides is 2. The molecule has 2 aromatic carbocycles. The van der Waals surface area contributed by atoms with Gasteiger partial charge in [-0.3, -0.25) is 0 Å². The van der Waals surface area contributed by atoms with E-state index in [1.54, 1.807) is 24.3 Å². The number of carbonyl (C=O) groups is 1. The number of ether oxygens (including phenoxy) is 1. The number of halogens is 3. The summed E-state index contributed by atoms with van der Waals surface area (Å²) in [5, 5.41) is 5.17. The molecule has 0 heterocycles. The predicted molar refractivity (Wildman–Crippen MR) is 102 cm³/mol. The van der Waals surface area contributed by atoms with Crippen molar-refractivity contribution >= 4 is 11.7 Å². The lowest BCUT2D eigenvalue weighted by Crippen LogP contribution is -2.28. The molecule has 0 aliphatic rings. The van der Waals surface area contributed by atoms with E-state index in [1.165, 1.54) is 12.1 Å². The van der Waals surface area contributed by atoms with Crippen LogP contribution in [-0.4, -0.2) is 19.2 Å². The summed E-state index contributed by atoms with van der Waals surface area (Å²) in [5.41, 5.74) is 0.0639. The highest BCUT2D eigenvalue weighted by Gasteiger charge is 2.30. The van der Waals surface area contributed by atoms with Crippen molar-refractivity contribution in [2.24, 2.45) is 0 Å². The first-order valence-electron chi connectivity index (χ1n) is 8.82. The lowest BCUT2D eigenvalue weighted by molar-refractivity contribution is -0.137. The zero-order valence-corrected chi connectivity index (χ0v) is 15.4. The SMILES string of the molecule is CCCCOc1ccc(NC(=O)NCC#Cc2cccc(C(F)(F)F)c2)cc1. The minimum atomic E-state index is -4.41. The average Bonchev–Trinajstić information content (AvgIpc) is 2.66. The first-order valence-corrected chi connectivity index (χ1v) is 8.82. The number of benzene rings is 2.